The van der Waals surface area contributed by atoms with Gasteiger partial charge >= 0.3 is 5.97 Å². The number of carbonyl (C=O) groups excluding carboxylic acids is 2. The van der Waals surface area contributed by atoms with Crippen LogP contribution in [0, 0.1) is 11.3 Å². The molecular formula is C24H27N3O4. The fourth-order valence-electron chi connectivity index (χ4n) is 3.09. The molecule has 2 aromatic carbocycles. The quantitative estimate of drug-likeness (QED) is 0.455. The number of carbonyl (C=O) groups is 3. The zero-order valence-electron chi connectivity index (χ0n) is 17.3. The zero-order valence-corrected chi connectivity index (χ0v) is 17.3. The van der Waals surface area contributed by atoms with Crippen LogP contribution < -0.4 is 10.6 Å². The molecule has 31 heavy (non-hydrogen) atoms. The van der Waals surface area contributed by atoms with Gasteiger partial charge in [-0.25, -0.2) is 0 Å². The van der Waals surface area contributed by atoms with Crippen molar-refractivity contribution < 1.29 is 19.5 Å². The number of hydrogen-bond acceptors (Lipinski definition) is 4. The lowest BCUT2D eigenvalue weighted by Crippen LogP contribution is -2.48. The number of nitrogens with zero attached hydrogens (tertiary/aromatic N) is 1. The van der Waals surface area contributed by atoms with Crippen molar-refractivity contribution in [1.29, 1.82) is 5.26 Å². The Morgan fingerprint density at radius 1 is 0.935 bits per heavy atom. The molecule has 2 rings (SSSR count). The van der Waals surface area contributed by atoms with Crippen molar-refractivity contribution in [2.24, 2.45) is 0 Å². The molecule has 0 heterocycles. The van der Waals surface area contributed by atoms with E-state index in [9.17, 15) is 14.4 Å². The third-order valence-corrected chi connectivity index (χ3v) is 4.79. The minimum absolute atomic E-state index is 0.179. The van der Waals surface area contributed by atoms with Gasteiger partial charge in [0.15, 0.2) is 0 Å². The highest BCUT2D eigenvalue weighted by Crippen LogP contribution is 2.07. The number of carboxylic acids is 1. The SMILES string of the molecule is N#Cc1ccc(CCCCNC(=O)[C@@H](CC(=O)O)NC(=O)CCc2ccccc2)cc1. The van der Waals surface area contributed by atoms with Crippen LogP contribution in [-0.4, -0.2) is 35.5 Å². The van der Waals surface area contributed by atoms with Gasteiger partial charge in [0.05, 0.1) is 18.1 Å². The van der Waals surface area contributed by atoms with Crippen molar-refractivity contribution in [3.05, 3.63) is 71.3 Å². The molecule has 162 valence electrons. The fraction of sp³-hybridized carbons (Fsp3) is 0.333. The summed E-state index contributed by atoms with van der Waals surface area (Å²) in [5.74, 6) is -2.00. The van der Waals surface area contributed by atoms with E-state index >= 15 is 0 Å². The summed E-state index contributed by atoms with van der Waals surface area (Å²) in [6.45, 7) is 0.394. The average Bonchev–Trinajstić information content (AvgIpc) is 2.77. The Morgan fingerprint density at radius 3 is 2.26 bits per heavy atom. The highest BCUT2D eigenvalue weighted by atomic mass is 16.4. The molecule has 0 radical (unpaired) electrons. The van der Waals surface area contributed by atoms with Gasteiger partial charge in [-0.1, -0.05) is 42.5 Å². The number of benzene rings is 2. The van der Waals surface area contributed by atoms with Crippen LogP contribution in [0.1, 0.15) is 42.4 Å². The molecular weight excluding hydrogens is 394 g/mol. The van der Waals surface area contributed by atoms with Crippen LogP contribution in [0.25, 0.3) is 0 Å². The number of aliphatic carboxylic acids is 1. The molecule has 2 amide bonds. The average molecular weight is 421 g/mol. The van der Waals surface area contributed by atoms with E-state index in [0.29, 0.717) is 24.9 Å². The second-order valence-corrected chi connectivity index (χ2v) is 7.26. The maximum Gasteiger partial charge on any atom is 0.305 e. The lowest BCUT2D eigenvalue weighted by molar-refractivity contribution is -0.140. The number of carboxylic acid groups (broad SMARTS) is 1. The first kappa shape index (κ1) is 23.6. The van der Waals surface area contributed by atoms with Gasteiger partial charge in [0, 0.05) is 13.0 Å². The van der Waals surface area contributed by atoms with Crippen molar-refractivity contribution in [1.82, 2.24) is 10.6 Å². The van der Waals surface area contributed by atoms with Crippen molar-refractivity contribution in [2.45, 2.75) is 44.6 Å². The van der Waals surface area contributed by atoms with Gasteiger partial charge in [0.2, 0.25) is 11.8 Å². The Bertz CT molecular complexity index is 905. The summed E-state index contributed by atoms with van der Waals surface area (Å²) < 4.78 is 0. The van der Waals surface area contributed by atoms with Crippen LogP contribution >= 0.6 is 0 Å². The molecule has 0 spiro atoms. The van der Waals surface area contributed by atoms with Crippen LogP contribution in [0.5, 0.6) is 0 Å². The van der Waals surface area contributed by atoms with Gasteiger partial charge in [0.1, 0.15) is 6.04 Å². The molecule has 0 aliphatic rings. The Hall–Kier alpha value is -3.66. The molecule has 3 N–H and O–H groups in total. The Kier molecular flexibility index (Phi) is 9.76. The summed E-state index contributed by atoms with van der Waals surface area (Å²) in [6, 6.07) is 17.8. The van der Waals surface area contributed by atoms with Gasteiger partial charge in [-0.2, -0.15) is 5.26 Å². The van der Waals surface area contributed by atoms with Crippen LogP contribution in [0.3, 0.4) is 0 Å². The number of unbranched alkanes of at least 4 members (excludes halogenated alkanes) is 1. The minimum atomic E-state index is -1.15. The summed E-state index contributed by atoms with van der Waals surface area (Å²) in [6.07, 6.45) is 2.60. The third-order valence-electron chi connectivity index (χ3n) is 4.79. The Labute approximate surface area is 182 Å². The van der Waals surface area contributed by atoms with Gasteiger partial charge in [-0.05, 0) is 48.9 Å². The van der Waals surface area contributed by atoms with Crippen LogP contribution in [0.2, 0.25) is 0 Å². The number of hydrogen-bond donors (Lipinski definition) is 3. The van der Waals surface area contributed by atoms with Gasteiger partial charge < -0.3 is 15.7 Å². The molecule has 0 saturated carbocycles. The third kappa shape index (κ3) is 9.13. The largest absolute Gasteiger partial charge is 0.481 e. The number of nitrogens with one attached hydrogen (secondary N) is 2. The maximum atomic E-state index is 12.4. The van der Waals surface area contributed by atoms with Gasteiger partial charge in [-0.15, -0.1) is 0 Å². The maximum absolute atomic E-state index is 12.4. The van der Waals surface area contributed by atoms with Crippen LogP contribution in [0.4, 0.5) is 0 Å². The van der Waals surface area contributed by atoms with Gasteiger partial charge in [0.25, 0.3) is 0 Å². The summed E-state index contributed by atoms with van der Waals surface area (Å²) in [4.78, 5) is 35.7. The summed E-state index contributed by atoms with van der Waals surface area (Å²) in [7, 11) is 0. The van der Waals surface area contributed by atoms with Gasteiger partial charge in [-0.3, -0.25) is 14.4 Å². The molecule has 0 aliphatic heterocycles. The lowest BCUT2D eigenvalue weighted by atomic mass is 10.1. The Morgan fingerprint density at radius 2 is 1.61 bits per heavy atom. The highest BCUT2D eigenvalue weighted by Gasteiger charge is 2.23. The number of rotatable bonds is 12. The van der Waals surface area contributed by atoms with E-state index in [1.165, 1.54) is 0 Å². The standard InChI is InChI=1S/C24H27N3O4/c25-17-20-11-9-19(10-12-20)8-4-5-15-26-24(31)21(16-23(29)30)27-22(28)14-13-18-6-2-1-3-7-18/h1-3,6-7,9-12,21H,4-5,8,13-16H2,(H,26,31)(H,27,28)(H,29,30)/t21-/m1/s1. The minimum Gasteiger partial charge on any atom is -0.481 e. The van der Waals surface area contributed by atoms with Crippen molar-refractivity contribution in [2.75, 3.05) is 6.54 Å². The van der Waals surface area contributed by atoms with E-state index in [1.807, 2.05) is 42.5 Å². The fourth-order valence-corrected chi connectivity index (χ4v) is 3.09. The lowest BCUT2D eigenvalue weighted by Gasteiger charge is -2.17. The highest BCUT2D eigenvalue weighted by molar-refractivity contribution is 5.90. The molecule has 0 fully saturated rings. The first-order chi connectivity index (χ1) is 15.0. The molecule has 0 aliphatic carbocycles. The normalized spacial score (nSPS) is 11.2. The van der Waals surface area contributed by atoms with E-state index < -0.39 is 24.3 Å². The van der Waals surface area contributed by atoms with Crippen LogP contribution in [-0.2, 0) is 27.2 Å². The molecule has 1 atom stereocenters. The topological polar surface area (TPSA) is 119 Å². The first-order valence-electron chi connectivity index (χ1n) is 10.3. The smallest absolute Gasteiger partial charge is 0.305 e. The summed E-state index contributed by atoms with van der Waals surface area (Å²) in [5.41, 5.74) is 2.73. The number of nitriles is 1. The van der Waals surface area contributed by atoms with E-state index in [2.05, 4.69) is 16.7 Å². The Balaban J connectivity index is 1.73. The summed E-state index contributed by atoms with van der Waals surface area (Å²) in [5, 5.41) is 23.1. The van der Waals surface area contributed by atoms with E-state index in [-0.39, 0.29) is 12.3 Å². The zero-order chi connectivity index (χ0) is 22.5. The molecule has 0 unspecified atom stereocenters. The first-order valence-corrected chi connectivity index (χ1v) is 10.3. The second-order valence-electron chi connectivity index (χ2n) is 7.26. The van der Waals surface area contributed by atoms with E-state index in [1.54, 1.807) is 12.1 Å². The molecule has 2 aromatic rings. The molecule has 0 bridgehead atoms. The number of aryl methyl sites for hydroxylation is 2. The number of amides is 2. The molecule has 0 aromatic heterocycles. The van der Waals surface area contributed by atoms with Crippen molar-refractivity contribution >= 4 is 17.8 Å². The van der Waals surface area contributed by atoms with E-state index in [4.69, 9.17) is 10.4 Å². The van der Waals surface area contributed by atoms with E-state index in [0.717, 1.165) is 24.0 Å². The molecule has 7 nitrogen and oxygen atoms in total. The van der Waals surface area contributed by atoms with Crippen molar-refractivity contribution in [3.63, 3.8) is 0 Å². The monoisotopic (exact) mass is 421 g/mol. The molecule has 0 saturated heterocycles. The predicted octanol–water partition coefficient (Wildman–Crippen LogP) is 2.59. The second kappa shape index (κ2) is 12.8. The van der Waals surface area contributed by atoms with Crippen LogP contribution in [0.15, 0.2) is 54.6 Å². The summed E-state index contributed by atoms with van der Waals surface area (Å²) >= 11 is 0. The van der Waals surface area contributed by atoms with Crippen molar-refractivity contribution in [3.8, 4) is 6.07 Å². The predicted molar refractivity (Wildman–Crippen MR) is 116 cm³/mol. The molecule has 7 heteroatoms.